The van der Waals surface area contributed by atoms with Crippen LogP contribution in [0, 0.1) is 11.3 Å². The van der Waals surface area contributed by atoms with Crippen LogP contribution in [0.5, 0.6) is 0 Å². The van der Waals surface area contributed by atoms with Crippen LogP contribution in [0.4, 0.5) is 4.79 Å². The van der Waals surface area contributed by atoms with Crippen LogP contribution in [0.1, 0.15) is 36.8 Å². The second-order valence-electron chi connectivity index (χ2n) is 5.31. The predicted octanol–water partition coefficient (Wildman–Crippen LogP) is 2.91. The van der Waals surface area contributed by atoms with Gasteiger partial charge in [-0.2, -0.15) is 5.26 Å². The standard InChI is InChI=1S/C13H16N2O2S/c1-13(2,3)17-12(16)15-5-4-11-10(7-15)9(6-14)8-18-11/h8H,4-5,7H2,1-3H3. The summed E-state index contributed by atoms with van der Waals surface area (Å²) in [6.07, 6.45) is 0.504. The molecule has 2 rings (SSSR count). The molecule has 1 aliphatic heterocycles. The van der Waals surface area contributed by atoms with E-state index in [9.17, 15) is 4.79 Å². The largest absolute Gasteiger partial charge is 0.444 e. The van der Waals surface area contributed by atoms with Crippen molar-refractivity contribution in [1.29, 1.82) is 5.26 Å². The van der Waals surface area contributed by atoms with Gasteiger partial charge in [0.25, 0.3) is 0 Å². The van der Waals surface area contributed by atoms with Gasteiger partial charge in [0.15, 0.2) is 0 Å². The van der Waals surface area contributed by atoms with Gasteiger partial charge in [0.2, 0.25) is 0 Å². The number of fused-ring (bicyclic) bond motifs is 1. The fraction of sp³-hybridized carbons (Fsp3) is 0.538. The first kappa shape index (κ1) is 12.9. The molecular formula is C13H16N2O2S. The Bertz CT molecular complexity index is 508. The van der Waals surface area contributed by atoms with Gasteiger partial charge in [-0.15, -0.1) is 11.3 Å². The molecule has 1 amide bonds. The summed E-state index contributed by atoms with van der Waals surface area (Å²) in [7, 11) is 0. The van der Waals surface area contributed by atoms with Crippen molar-refractivity contribution in [2.45, 2.75) is 39.3 Å². The molecular weight excluding hydrogens is 248 g/mol. The SMILES string of the molecule is CC(C)(C)OC(=O)N1CCc2scc(C#N)c2C1. The fourth-order valence-electron chi connectivity index (χ4n) is 1.89. The van der Waals surface area contributed by atoms with Gasteiger partial charge >= 0.3 is 6.09 Å². The molecule has 1 aliphatic rings. The molecule has 2 heterocycles. The van der Waals surface area contributed by atoms with Crippen molar-refractivity contribution < 1.29 is 9.53 Å². The number of thiophene rings is 1. The molecule has 0 saturated heterocycles. The molecule has 0 bridgehead atoms. The zero-order valence-electron chi connectivity index (χ0n) is 10.8. The van der Waals surface area contributed by atoms with Crippen LogP contribution in [0.3, 0.4) is 0 Å². The average molecular weight is 264 g/mol. The summed E-state index contributed by atoms with van der Waals surface area (Å²) in [5.41, 5.74) is 1.19. The number of rotatable bonds is 0. The van der Waals surface area contributed by atoms with Crippen LogP contribution in [0.25, 0.3) is 0 Å². The molecule has 0 radical (unpaired) electrons. The monoisotopic (exact) mass is 264 g/mol. The smallest absolute Gasteiger partial charge is 0.410 e. The molecule has 96 valence electrons. The van der Waals surface area contributed by atoms with Gasteiger partial charge in [-0.1, -0.05) is 0 Å². The van der Waals surface area contributed by atoms with Gasteiger partial charge in [0, 0.05) is 22.4 Å². The van der Waals surface area contributed by atoms with Crippen molar-refractivity contribution in [2.75, 3.05) is 6.54 Å². The lowest BCUT2D eigenvalue weighted by molar-refractivity contribution is 0.0225. The minimum Gasteiger partial charge on any atom is -0.444 e. The Morgan fingerprint density at radius 3 is 2.89 bits per heavy atom. The van der Waals surface area contributed by atoms with Crippen molar-refractivity contribution in [3.05, 3.63) is 21.4 Å². The maximum Gasteiger partial charge on any atom is 0.410 e. The lowest BCUT2D eigenvalue weighted by Crippen LogP contribution is -2.39. The highest BCUT2D eigenvalue weighted by Gasteiger charge is 2.27. The van der Waals surface area contributed by atoms with E-state index in [1.807, 2.05) is 26.2 Å². The van der Waals surface area contributed by atoms with Crippen LogP contribution in [0.15, 0.2) is 5.38 Å². The molecule has 5 heteroatoms. The number of nitrogens with zero attached hydrogens (tertiary/aromatic N) is 2. The molecule has 0 spiro atoms. The molecule has 4 nitrogen and oxygen atoms in total. The van der Waals surface area contributed by atoms with E-state index in [2.05, 4.69) is 6.07 Å². The highest BCUT2D eigenvalue weighted by molar-refractivity contribution is 7.10. The van der Waals surface area contributed by atoms with E-state index in [1.165, 1.54) is 4.88 Å². The zero-order chi connectivity index (χ0) is 13.3. The Balaban J connectivity index is 2.12. The third kappa shape index (κ3) is 2.65. The summed E-state index contributed by atoms with van der Waals surface area (Å²) in [6.45, 7) is 6.70. The van der Waals surface area contributed by atoms with Crippen LogP contribution in [0.2, 0.25) is 0 Å². The summed E-state index contributed by atoms with van der Waals surface area (Å²) in [5.74, 6) is 0. The first-order valence-corrected chi connectivity index (χ1v) is 6.76. The van der Waals surface area contributed by atoms with E-state index in [0.717, 1.165) is 12.0 Å². The summed E-state index contributed by atoms with van der Waals surface area (Å²) in [4.78, 5) is 14.9. The van der Waals surface area contributed by atoms with E-state index in [1.54, 1.807) is 16.2 Å². The van der Waals surface area contributed by atoms with Crippen LogP contribution in [-0.4, -0.2) is 23.1 Å². The normalized spacial score (nSPS) is 14.9. The fourth-order valence-corrected chi connectivity index (χ4v) is 2.87. The molecule has 0 N–H and O–H groups in total. The Hall–Kier alpha value is -1.54. The topological polar surface area (TPSA) is 53.3 Å². The predicted molar refractivity (Wildman–Crippen MR) is 69.4 cm³/mol. The molecule has 0 atom stereocenters. The number of hydrogen-bond acceptors (Lipinski definition) is 4. The minimum atomic E-state index is -0.482. The van der Waals surface area contributed by atoms with Gasteiger partial charge in [-0.3, -0.25) is 0 Å². The Labute approximate surface area is 111 Å². The number of hydrogen-bond donors (Lipinski definition) is 0. The van der Waals surface area contributed by atoms with Gasteiger partial charge < -0.3 is 9.64 Å². The third-order valence-corrected chi connectivity index (χ3v) is 3.80. The van der Waals surface area contributed by atoms with Crippen LogP contribution >= 0.6 is 11.3 Å². The van der Waals surface area contributed by atoms with E-state index in [0.29, 0.717) is 18.7 Å². The van der Waals surface area contributed by atoms with Crippen molar-refractivity contribution in [1.82, 2.24) is 4.90 Å². The third-order valence-electron chi connectivity index (χ3n) is 2.71. The molecule has 18 heavy (non-hydrogen) atoms. The molecule has 1 aromatic heterocycles. The zero-order valence-corrected chi connectivity index (χ0v) is 11.6. The van der Waals surface area contributed by atoms with Crippen molar-refractivity contribution >= 4 is 17.4 Å². The summed E-state index contributed by atoms with van der Waals surface area (Å²) in [5, 5.41) is 10.9. The second kappa shape index (κ2) is 4.62. The first-order valence-electron chi connectivity index (χ1n) is 5.88. The van der Waals surface area contributed by atoms with Crippen molar-refractivity contribution in [3.8, 4) is 6.07 Å². The summed E-state index contributed by atoms with van der Waals surface area (Å²) in [6, 6.07) is 2.17. The van der Waals surface area contributed by atoms with Crippen molar-refractivity contribution in [2.24, 2.45) is 0 Å². The second-order valence-corrected chi connectivity index (χ2v) is 6.28. The van der Waals surface area contributed by atoms with Crippen LogP contribution in [-0.2, 0) is 17.7 Å². The number of carbonyl (C=O) groups is 1. The van der Waals surface area contributed by atoms with Gasteiger partial charge in [0.1, 0.15) is 11.7 Å². The quantitative estimate of drug-likeness (QED) is 0.724. The molecule has 0 unspecified atom stereocenters. The number of nitriles is 1. The van der Waals surface area contributed by atoms with E-state index >= 15 is 0 Å². The number of amides is 1. The van der Waals surface area contributed by atoms with Gasteiger partial charge in [-0.05, 0) is 27.2 Å². The highest BCUT2D eigenvalue weighted by Crippen LogP contribution is 2.28. The van der Waals surface area contributed by atoms with E-state index < -0.39 is 5.60 Å². The number of carbonyl (C=O) groups excluding carboxylic acids is 1. The first-order chi connectivity index (χ1) is 8.40. The lowest BCUT2D eigenvalue weighted by atomic mass is 10.1. The molecule has 0 aliphatic carbocycles. The Morgan fingerprint density at radius 1 is 1.56 bits per heavy atom. The van der Waals surface area contributed by atoms with E-state index in [4.69, 9.17) is 10.00 Å². The van der Waals surface area contributed by atoms with Gasteiger partial charge in [0.05, 0.1) is 12.1 Å². The molecule has 1 aromatic rings. The highest BCUT2D eigenvalue weighted by atomic mass is 32.1. The molecule has 0 fully saturated rings. The Kier molecular flexibility index (Phi) is 3.31. The summed E-state index contributed by atoms with van der Waals surface area (Å²) >= 11 is 1.60. The molecule has 0 saturated carbocycles. The van der Waals surface area contributed by atoms with Crippen molar-refractivity contribution in [3.63, 3.8) is 0 Å². The minimum absolute atomic E-state index is 0.303. The van der Waals surface area contributed by atoms with Gasteiger partial charge in [-0.25, -0.2) is 4.79 Å². The maximum atomic E-state index is 12.0. The lowest BCUT2D eigenvalue weighted by Gasteiger charge is -2.30. The summed E-state index contributed by atoms with van der Waals surface area (Å²) < 4.78 is 5.35. The average Bonchev–Trinajstić information content (AvgIpc) is 2.68. The Morgan fingerprint density at radius 2 is 2.28 bits per heavy atom. The maximum absolute atomic E-state index is 12.0. The van der Waals surface area contributed by atoms with E-state index in [-0.39, 0.29) is 6.09 Å². The van der Waals surface area contributed by atoms with Crippen LogP contribution < -0.4 is 0 Å². The number of ether oxygens (including phenoxy) is 1. The molecule has 0 aromatic carbocycles.